The van der Waals surface area contributed by atoms with Crippen LogP contribution in [0.5, 0.6) is 0 Å². The van der Waals surface area contributed by atoms with Crippen LogP contribution in [-0.2, 0) is 0 Å². The molecule has 1 aliphatic heterocycles. The second-order valence-corrected chi connectivity index (χ2v) is 9.37. The molecule has 0 aromatic heterocycles. The highest BCUT2D eigenvalue weighted by Gasteiger charge is 2.16. The molecular weight excluding hydrogens is 432 g/mol. The van der Waals surface area contributed by atoms with Crippen molar-refractivity contribution < 1.29 is 0 Å². The van der Waals surface area contributed by atoms with E-state index in [1.165, 1.54) is 37.1 Å². The highest BCUT2D eigenvalue weighted by atomic mass is 15.2. The van der Waals surface area contributed by atoms with E-state index in [9.17, 15) is 0 Å². The highest BCUT2D eigenvalue weighted by Crippen LogP contribution is 2.21. The van der Waals surface area contributed by atoms with Gasteiger partial charge < -0.3 is 21.3 Å². The fourth-order valence-electron chi connectivity index (χ4n) is 4.43. The van der Waals surface area contributed by atoms with E-state index in [1.807, 2.05) is 0 Å². The fourth-order valence-corrected chi connectivity index (χ4v) is 4.43. The molecule has 2 aromatic carbocycles. The number of hydrogen-bond acceptors (Lipinski definition) is 4. The molecular formula is C29H44N6. The molecule has 0 spiro atoms. The number of amidine groups is 2. The molecule has 2 aromatic rings. The zero-order chi connectivity index (χ0) is 24.9. The van der Waals surface area contributed by atoms with Crippen molar-refractivity contribution in [1.82, 2.24) is 0 Å². The molecule has 0 bridgehead atoms. The molecule has 0 atom stereocenters. The summed E-state index contributed by atoms with van der Waals surface area (Å²) in [4.78, 5) is 14.0. The van der Waals surface area contributed by atoms with Crippen molar-refractivity contribution in [3.8, 4) is 0 Å². The number of rotatable bonds is 12. The first kappa shape index (κ1) is 26.6. The number of anilines is 2. The van der Waals surface area contributed by atoms with Crippen LogP contribution in [0.4, 0.5) is 11.4 Å². The van der Waals surface area contributed by atoms with Crippen molar-refractivity contribution in [2.45, 2.75) is 58.8 Å². The number of hydrogen-bond donors (Lipinski definition) is 2. The highest BCUT2D eigenvalue weighted by molar-refractivity contribution is 5.98. The van der Waals surface area contributed by atoms with Gasteiger partial charge >= 0.3 is 0 Å². The average molecular weight is 477 g/mol. The van der Waals surface area contributed by atoms with Gasteiger partial charge in [-0.3, -0.25) is 9.98 Å². The normalized spacial score (nSPS) is 15.4. The Balaban J connectivity index is 1.54. The Morgan fingerprint density at radius 1 is 0.629 bits per heavy atom. The number of benzene rings is 2. The lowest BCUT2D eigenvalue weighted by Crippen LogP contribution is -2.30. The summed E-state index contributed by atoms with van der Waals surface area (Å²) in [5, 5.41) is 0. The van der Waals surface area contributed by atoms with E-state index in [4.69, 9.17) is 11.5 Å². The van der Waals surface area contributed by atoms with Gasteiger partial charge in [0.2, 0.25) is 0 Å². The fraction of sp³-hybridized carbons (Fsp3) is 0.517. The molecule has 35 heavy (non-hydrogen) atoms. The van der Waals surface area contributed by atoms with Crippen molar-refractivity contribution in [3.63, 3.8) is 0 Å². The first-order valence-corrected chi connectivity index (χ1v) is 13.4. The van der Waals surface area contributed by atoms with Gasteiger partial charge in [0, 0.05) is 61.8 Å². The SMILES string of the molecule is CCCCCN=C(N)c1ccc(N2CCCN(c3ccc(C(N)=NCCCCC)cc3)CC2)cc1. The molecule has 190 valence electrons. The van der Waals surface area contributed by atoms with Crippen molar-refractivity contribution in [2.75, 3.05) is 49.1 Å². The lowest BCUT2D eigenvalue weighted by atomic mass is 10.1. The lowest BCUT2D eigenvalue weighted by molar-refractivity contribution is 0.728. The maximum atomic E-state index is 6.19. The largest absolute Gasteiger partial charge is 0.384 e. The first-order valence-electron chi connectivity index (χ1n) is 13.4. The van der Waals surface area contributed by atoms with Gasteiger partial charge in [-0.05, 0) is 67.8 Å². The quantitative estimate of drug-likeness (QED) is 0.251. The molecule has 6 heteroatoms. The van der Waals surface area contributed by atoms with Crippen molar-refractivity contribution in [3.05, 3.63) is 59.7 Å². The third-order valence-corrected chi connectivity index (χ3v) is 6.64. The minimum Gasteiger partial charge on any atom is -0.384 e. The third-order valence-electron chi connectivity index (χ3n) is 6.64. The monoisotopic (exact) mass is 476 g/mol. The van der Waals surface area contributed by atoms with Crippen LogP contribution in [0.2, 0.25) is 0 Å². The standard InChI is InChI=1S/C29H44N6/c1-3-5-7-18-32-28(30)24-10-14-26(15-11-24)34-20-9-21-35(23-22-34)27-16-12-25(13-17-27)29(31)33-19-8-6-4-2/h10-17H,3-9,18-23H2,1-2H3,(H2,30,32)(H2,31,33). The summed E-state index contributed by atoms with van der Waals surface area (Å²) in [6.45, 7) is 10.1. The van der Waals surface area contributed by atoms with E-state index in [2.05, 4.69) is 82.2 Å². The van der Waals surface area contributed by atoms with Gasteiger partial charge in [0.25, 0.3) is 0 Å². The second-order valence-electron chi connectivity index (χ2n) is 9.37. The summed E-state index contributed by atoms with van der Waals surface area (Å²) in [5.74, 6) is 1.29. The number of unbranched alkanes of at least 4 members (excludes halogenated alkanes) is 4. The van der Waals surface area contributed by atoms with Crippen LogP contribution in [0.1, 0.15) is 69.9 Å². The maximum Gasteiger partial charge on any atom is 0.125 e. The van der Waals surface area contributed by atoms with Gasteiger partial charge in [0.05, 0.1) is 0 Å². The number of nitrogens with two attached hydrogens (primary N) is 2. The summed E-state index contributed by atoms with van der Waals surface area (Å²) in [5.41, 5.74) is 16.9. The van der Waals surface area contributed by atoms with Crippen molar-refractivity contribution in [1.29, 1.82) is 0 Å². The topological polar surface area (TPSA) is 83.2 Å². The van der Waals surface area contributed by atoms with E-state index < -0.39 is 0 Å². The maximum absolute atomic E-state index is 6.19. The predicted molar refractivity (Wildman–Crippen MR) is 152 cm³/mol. The van der Waals surface area contributed by atoms with Crippen molar-refractivity contribution in [2.24, 2.45) is 21.5 Å². The second kappa shape index (κ2) is 14.4. The molecule has 0 radical (unpaired) electrons. The molecule has 4 N–H and O–H groups in total. The van der Waals surface area contributed by atoms with E-state index in [1.54, 1.807) is 0 Å². The summed E-state index contributed by atoms with van der Waals surface area (Å²) < 4.78 is 0. The molecule has 0 unspecified atom stereocenters. The number of aliphatic imine (C=N–C) groups is 2. The number of nitrogens with zero attached hydrogens (tertiary/aromatic N) is 4. The molecule has 1 fully saturated rings. The molecule has 1 aliphatic rings. The zero-order valence-corrected chi connectivity index (χ0v) is 21.8. The average Bonchev–Trinajstić information content (AvgIpc) is 3.15. The van der Waals surface area contributed by atoms with Gasteiger partial charge in [-0.1, -0.05) is 39.5 Å². The Bertz CT molecular complexity index is 855. The van der Waals surface area contributed by atoms with Gasteiger partial charge in [-0.25, -0.2) is 0 Å². The smallest absolute Gasteiger partial charge is 0.125 e. The van der Waals surface area contributed by atoms with E-state index in [-0.39, 0.29) is 0 Å². The molecule has 0 aliphatic carbocycles. The van der Waals surface area contributed by atoms with Gasteiger partial charge in [0.1, 0.15) is 11.7 Å². The Labute approximate surface area is 212 Å². The van der Waals surface area contributed by atoms with E-state index in [0.29, 0.717) is 11.7 Å². The first-order chi connectivity index (χ1) is 17.1. The Kier molecular flexibility index (Phi) is 10.9. The molecule has 1 heterocycles. The van der Waals surface area contributed by atoms with E-state index >= 15 is 0 Å². The van der Waals surface area contributed by atoms with Crippen LogP contribution in [0, 0.1) is 0 Å². The Morgan fingerprint density at radius 3 is 1.40 bits per heavy atom. The van der Waals surface area contributed by atoms with Crippen LogP contribution in [0.3, 0.4) is 0 Å². The van der Waals surface area contributed by atoms with Gasteiger partial charge in [0.15, 0.2) is 0 Å². The van der Waals surface area contributed by atoms with E-state index in [0.717, 1.165) is 69.7 Å². The zero-order valence-electron chi connectivity index (χ0n) is 21.8. The minimum absolute atomic E-state index is 0.643. The molecule has 1 saturated heterocycles. The minimum atomic E-state index is 0.643. The summed E-state index contributed by atoms with van der Waals surface area (Å²) in [7, 11) is 0. The van der Waals surface area contributed by atoms with Crippen molar-refractivity contribution >= 4 is 23.0 Å². The lowest BCUT2D eigenvalue weighted by Gasteiger charge is -2.25. The van der Waals surface area contributed by atoms with Crippen LogP contribution >= 0.6 is 0 Å². The van der Waals surface area contributed by atoms with Crippen LogP contribution < -0.4 is 21.3 Å². The molecule has 3 rings (SSSR count). The Hall–Kier alpha value is -3.02. The summed E-state index contributed by atoms with van der Waals surface area (Å²) in [6, 6.07) is 17.1. The molecule has 0 amide bonds. The van der Waals surface area contributed by atoms with Crippen LogP contribution in [-0.4, -0.2) is 50.9 Å². The van der Waals surface area contributed by atoms with Crippen LogP contribution in [0.15, 0.2) is 58.5 Å². The predicted octanol–water partition coefficient (Wildman–Crippen LogP) is 5.19. The molecule has 0 saturated carbocycles. The molecule has 6 nitrogen and oxygen atoms in total. The third kappa shape index (κ3) is 8.30. The van der Waals surface area contributed by atoms with Gasteiger partial charge in [-0.2, -0.15) is 0 Å². The Morgan fingerprint density at radius 2 is 1.03 bits per heavy atom. The van der Waals surface area contributed by atoms with Crippen LogP contribution in [0.25, 0.3) is 0 Å². The van der Waals surface area contributed by atoms with Gasteiger partial charge in [-0.15, -0.1) is 0 Å². The summed E-state index contributed by atoms with van der Waals surface area (Å²) in [6.07, 6.45) is 8.12. The summed E-state index contributed by atoms with van der Waals surface area (Å²) >= 11 is 0.